The average Bonchev–Trinajstić information content (AvgIpc) is 2.84. The fourth-order valence-electron chi connectivity index (χ4n) is 2.00. The molecule has 3 N–H and O–H groups in total. The van der Waals surface area contributed by atoms with Crippen molar-refractivity contribution in [2.24, 2.45) is 0 Å². The molecule has 0 amide bonds. The highest BCUT2D eigenvalue weighted by Crippen LogP contribution is 2.27. The third-order valence-electron chi connectivity index (χ3n) is 2.95. The van der Waals surface area contributed by atoms with Crippen LogP contribution in [0.4, 0.5) is 5.69 Å². The van der Waals surface area contributed by atoms with Gasteiger partial charge in [0.2, 0.25) is 0 Å². The molecule has 0 spiro atoms. The van der Waals surface area contributed by atoms with Crippen LogP contribution < -0.4 is 16.0 Å². The van der Waals surface area contributed by atoms with Crippen LogP contribution in [-0.2, 0) is 4.74 Å². The van der Waals surface area contributed by atoms with Gasteiger partial charge in [0, 0.05) is 12.5 Å². The number of nitrogens with one attached hydrogen (secondary N) is 1. The van der Waals surface area contributed by atoms with Gasteiger partial charge >= 0.3 is 0 Å². The summed E-state index contributed by atoms with van der Waals surface area (Å²) in [5, 5.41) is 0.463. The molecular formula is C12H13N3O3. The van der Waals surface area contributed by atoms with Gasteiger partial charge in [0.1, 0.15) is 11.9 Å². The van der Waals surface area contributed by atoms with Crippen molar-refractivity contribution in [1.82, 2.24) is 9.97 Å². The predicted molar refractivity (Wildman–Crippen MR) is 66.6 cm³/mol. The lowest BCUT2D eigenvalue weighted by molar-refractivity contribution is 0.142. The smallest absolute Gasteiger partial charge is 0.258 e. The van der Waals surface area contributed by atoms with Crippen LogP contribution in [0.15, 0.2) is 23.3 Å². The summed E-state index contributed by atoms with van der Waals surface area (Å²) in [6.07, 6.45) is 2.23. The minimum atomic E-state index is -0.206. The number of H-pyrrole nitrogens is 1. The summed E-state index contributed by atoms with van der Waals surface area (Å²) in [4.78, 5) is 18.2. The first-order chi connectivity index (χ1) is 8.74. The summed E-state index contributed by atoms with van der Waals surface area (Å²) < 4.78 is 11.0. The molecule has 0 aliphatic carbocycles. The third kappa shape index (κ3) is 1.91. The Morgan fingerprint density at radius 2 is 2.39 bits per heavy atom. The van der Waals surface area contributed by atoms with Gasteiger partial charge in [-0.1, -0.05) is 0 Å². The van der Waals surface area contributed by atoms with E-state index in [4.69, 9.17) is 15.2 Å². The molecule has 2 heterocycles. The fraction of sp³-hybridized carbons (Fsp3) is 0.333. The maximum atomic E-state index is 11.6. The van der Waals surface area contributed by atoms with Crippen LogP contribution in [0.5, 0.6) is 5.75 Å². The van der Waals surface area contributed by atoms with E-state index in [9.17, 15) is 4.79 Å². The van der Waals surface area contributed by atoms with E-state index in [0.717, 1.165) is 6.42 Å². The first-order valence-electron chi connectivity index (χ1n) is 5.75. The highest BCUT2D eigenvalue weighted by atomic mass is 16.5. The molecule has 1 aromatic heterocycles. The quantitative estimate of drug-likeness (QED) is 0.761. The molecule has 1 aliphatic rings. The Hall–Kier alpha value is -2.08. The first kappa shape index (κ1) is 11.0. The van der Waals surface area contributed by atoms with Crippen LogP contribution in [0, 0.1) is 0 Å². The molecule has 1 aliphatic heterocycles. The summed E-state index contributed by atoms with van der Waals surface area (Å²) in [6.45, 7) is 1.27. The number of ether oxygens (including phenoxy) is 2. The number of anilines is 1. The van der Waals surface area contributed by atoms with E-state index in [1.807, 2.05) is 0 Å². The van der Waals surface area contributed by atoms with Gasteiger partial charge in [0.05, 0.1) is 36.1 Å². The number of nitrogen functional groups attached to an aromatic ring is 1. The highest BCUT2D eigenvalue weighted by molar-refractivity contribution is 5.84. The average molecular weight is 247 g/mol. The van der Waals surface area contributed by atoms with E-state index in [-0.39, 0.29) is 11.7 Å². The van der Waals surface area contributed by atoms with Crippen molar-refractivity contribution >= 4 is 16.6 Å². The number of nitrogens with two attached hydrogens (primary N) is 1. The Balaban J connectivity index is 2.02. The van der Waals surface area contributed by atoms with Crippen molar-refractivity contribution < 1.29 is 9.47 Å². The lowest BCUT2D eigenvalue weighted by Gasteiger charge is -2.14. The molecule has 1 atom stereocenters. The Morgan fingerprint density at radius 1 is 1.50 bits per heavy atom. The van der Waals surface area contributed by atoms with Gasteiger partial charge in [-0.25, -0.2) is 4.98 Å². The third-order valence-corrected chi connectivity index (χ3v) is 2.95. The molecule has 0 unspecified atom stereocenters. The van der Waals surface area contributed by atoms with Gasteiger partial charge in [-0.2, -0.15) is 0 Å². The van der Waals surface area contributed by atoms with Crippen molar-refractivity contribution in [1.29, 1.82) is 0 Å². The normalized spacial score (nSPS) is 19.2. The minimum absolute atomic E-state index is 0.0201. The number of hydrogen-bond acceptors (Lipinski definition) is 5. The van der Waals surface area contributed by atoms with Gasteiger partial charge in [0.15, 0.2) is 0 Å². The lowest BCUT2D eigenvalue weighted by atomic mass is 10.2. The van der Waals surface area contributed by atoms with Crippen molar-refractivity contribution in [2.75, 3.05) is 18.9 Å². The number of nitrogens with zero attached hydrogens (tertiary/aromatic N) is 1. The van der Waals surface area contributed by atoms with Crippen LogP contribution in [-0.4, -0.2) is 29.3 Å². The molecule has 1 aromatic carbocycles. The standard InChI is InChI=1S/C12H13N3O3/c13-9-3-8-10(14-6-15-12(8)16)4-11(9)18-7-1-2-17-5-7/h3-4,6-7H,1-2,5,13H2,(H,14,15,16)/t7-/m0/s1. The van der Waals surface area contributed by atoms with E-state index in [1.165, 1.54) is 6.33 Å². The minimum Gasteiger partial charge on any atom is -0.486 e. The van der Waals surface area contributed by atoms with Gasteiger partial charge in [-0.05, 0) is 6.07 Å². The van der Waals surface area contributed by atoms with Gasteiger partial charge < -0.3 is 20.2 Å². The molecule has 0 radical (unpaired) electrons. The first-order valence-corrected chi connectivity index (χ1v) is 5.75. The van der Waals surface area contributed by atoms with Crippen LogP contribution >= 0.6 is 0 Å². The van der Waals surface area contributed by atoms with Crippen LogP contribution in [0.1, 0.15) is 6.42 Å². The molecule has 94 valence electrons. The van der Waals surface area contributed by atoms with E-state index in [0.29, 0.717) is 35.6 Å². The molecule has 1 fully saturated rings. The Labute approximate surface area is 103 Å². The fourth-order valence-corrected chi connectivity index (χ4v) is 2.00. The summed E-state index contributed by atoms with van der Waals surface area (Å²) >= 11 is 0. The molecule has 6 nitrogen and oxygen atoms in total. The summed E-state index contributed by atoms with van der Waals surface area (Å²) in [5.41, 5.74) is 6.69. The van der Waals surface area contributed by atoms with Crippen LogP contribution in [0.3, 0.4) is 0 Å². The molecule has 0 bridgehead atoms. The monoisotopic (exact) mass is 247 g/mol. The number of hydrogen-bond donors (Lipinski definition) is 2. The van der Waals surface area contributed by atoms with Gasteiger partial charge in [-0.3, -0.25) is 4.79 Å². The predicted octanol–water partition coefficient (Wildman–Crippen LogP) is 0.673. The molecule has 6 heteroatoms. The maximum Gasteiger partial charge on any atom is 0.258 e. The number of benzene rings is 1. The number of aromatic nitrogens is 2. The highest BCUT2D eigenvalue weighted by Gasteiger charge is 2.18. The zero-order chi connectivity index (χ0) is 12.5. The second kappa shape index (κ2) is 4.30. The Morgan fingerprint density at radius 3 is 3.17 bits per heavy atom. The second-order valence-electron chi connectivity index (χ2n) is 4.24. The Bertz CT molecular complexity index is 632. The van der Waals surface area contributed by atoms with Crippen LogP contribution in [0.25, 0.3) is 10.9 Å². The molecule has 2 aromatic rings. The summed E-state index contributed by atoms with van der Waals surface area (Å²) in [5.74, 6) is 0.552. The van der Waals surface area contributed by atoms with E-state index >= 15 is 0 Å². The lowest BCUT2D eigenvalue weighted by Crippen LogP contribution is -2.17. The summed E-state index contributed by atoms with van der Waals surface area (Å²) in [7, 11) is 0. The second-order valence-corrected chi connectivity index (χ2v) is 4.24. The van der Waals surface area contributed by atoms with Crippen molar-refractivity contribution in [2.45, 2.75) is 12.5 Å². The zero-order valence-corrected chi connectivity index (χ0v) is 9.68. The maximum absolute atomic E-state index is 11.6. The molecule has 1 saturated heterocycles. The van der Waals surface area contributed by atoms with Gasteiger partial charge in [0.25, 0.3) is 5.56 Å². The van der Waals surface area contributed by atoms with Crippen LogP contribution in [0.2, 0.25) is 0 Å². The Kier molecular flexibility index (Phi) is 2.64. The van der Waals surface area contributed by atoms with Crippen molar-refractivity contribution in [3.63, 3.8) is 0 Å². The van der Waals surface area contributed by atoms with E-state index < -0.39 is 0 Å². The number of aromatic amines is 1. The number of rotatable bonds is 2. The van der Waals surface area contributed by atoms with Crippen molar-refractivity contribution in [3.8, 4) is 5.75 Å². The number of fused-ring (bicyclic) bond motifs is 1. The van der Waals surface area contributed by atoms with Crippen molar-refractivity contribution in [3.05, 3.63) is 28.8 Å². The molecular weight excluding hydrogens is 234 g/mol. The van der Waals surface area contributed by atoms with Gasteiger partial charge in [-0.15, -0.1) is 0 Å². The van der Waals surface area contributed by atoms with E-state index in [2.05, 4.69) is 9.97 Å². The van der Waals surface area contributed by atoms with E-state index in [1.54, 1.807) is 12.1 Å². The largest absolute Gasteiger partial charge is 0.486 e. The zero-order valence-electron chi connectivity index (χ0n) is 9.68. The molecule has 0 saturated carbocycles. The molecule has 18 heavy (non-hydrogen) atoms. The molecule has 3 rings (SSSR count). The SMILES string of the molecule is Nc1cc2c(=O)[nH]cnc2cc1O[C@H]1CCOC1. The summed E-state index contributed by atoms with van der Waals surface area (Å²) in [6, 6.07) is 3.28. The topological polar surface area (TPSA) is 90.2 Å².